The van der Waals surface area contributed by atoms with E-state index in [0.29, 0.717) is 26.5 Å². The van der Waals surface area contributed by atoms with Gasteiger partial charge in [-0.05, 0) is 42.3 Å². The highest BCUT2D eigenvalue weighted by atomic mass is 35.5. The van der Waals surface area contributed by atoms with E-state index >= 15 is 0 Å². The lowest BCUT2D eigenvalue weighted by molar-refractivity contribution is 0.209. The second-order valence-corrected chi connectivity index (χ2v) is 9.35. The van der Waals surface area contributed by atoms with E-state index < -0.39 is 17.4 Å². The molecule has 0 saturated carbocycles. The lowest BCUT2D eigenvalue weighted by Gasteiger charge is -2.25. The highest BCUT2D eigenvalue weighted by molar-refractivity contribution is 7.80. The molecule has 3 aromatic rings. The summed E-state index contributed by atoms with van der Waals surface area (Å²) in [7, 11) is 1.63. The molecule has 1 unspecified atom stereocenters. The van der Waals surface area contributed by atoms with Gasteiger partial charge in [-0.3, -0.25) is 13.4 Å². The second-order valence-electron chi connectivity index (χ2n) is 6.19. The topological polar surface area (TPSA) is 72.9 Å². The van der Waals surface area contributed by atoms with Crippen LogP contribution in [0.25, 0.3) is 0 Å². The van der Waals surface area contributed by atoms with Crippen LogP contribution in [0.2, 0.25) is 8.67 Å². The molecule has 0 saturated heterocycles. The van der Waals surface area contributed by atoms with Crippen molar-refractivity contribution in [3.05, 3.63) is 74.9 Å². The predicted molar refractivity (Wildman–Crippen MR) is 122 cm³/mol. The number of nitrogens with zero attached hydrogens (tertiary/aromatic N) is 2. The average molecular weight is 484 g/mol. The third kappa shape index (κ3) is 5.74. The van der Waals surface area contributed by atoms with Crippen LogP contribution < -0.4 is 13.9 Å². The molecule has 6 nitrogen and oxygen atoms in total. The molecule has 0 radical (unpaired) electrons. The zero-order valence-corrected chi connectivity index (χ0v) is 18.9. The first-order valence-corrected chi connectivity index (χ1v) is 11.4. The van der Waals surface area contributed by atoms with Crippen molar-refractivity contribution in [1.29, 1.82) is 0 Å². The Morgan fingerprint density at radius 3 is 2.37 bits per heavy atom. The van der Waals surface area contributed by atoms with Gasteiger partial charge in [0.15, 0.2) is 0 Å². The lowest BCUT2D eigenvalue weighted by Crippen LogP contribution is -2.29. The van der Waals surface area contributed by atoms with Gasteiger partial charge in [0, 0.05) is 30.5 Å². The summed E-state index contributed by atoms with van der Waals surface area (Å²) in [4.78, 5) is 13.7. The molecule has 10 heteroatoms. The largest absolute Gasteiger partial charge is 0.755 e. The molecule has 0 aliphatic heterocycles. The van der Waals surface area contributed by atoms with E-state index in [-0.39, 0.29) is 6.54 Å². The highest BCUT2D eigenvalue weighted by Gasteiger charge is 2.16. The van der Waals surface area contributed by atoms with Crippen molar-refractivity contribution in [3.8, 4) is 5.75 Å². The fraction of sp³-hybridized carbons (Fsp3) is 0.150. The predicted octanol–water partition coefficient (Wildman–Crippen LogP) is 5.53. The molecule has 3 rings (SSSR count). The van der Waals surface area contributed by atoms with Crippen molar-refractivity contribution in [1.82, 2.24) is 0 Å². The first kappa shape index (κ1) is 22.6. The smallest absolute Gasteiger partial charge is 0.419 e. The molecule has 0 N–H and O–H groups in total. The van der Waals surface area contributed by atoms with Crippen LogP contribution in [0.15, 0.2) is 60.7 Å². The van der Waals surface area contributed by atoms with Crippen molar-refractivity contribution < 1.29 is 18.3 Å². The van der Waals surface area contributed by atoms with Gasteiger partial charge in [-0.2, -0.15) is 0 Å². The standard InChI is InChI=1S/C20H18Cl2N2O4S2/c1-23(15-5-3-2-4-6-15)20(25)28-16-9-7-14(8-10-16)11-12-24(30(26)27)17-13-18(21)29-19(17)22/h2-10,13H,11-12H2,1H3,(H,26,27)/p-1. The summed E-state index contributed by atoms with van der Waals surface area (Å²) in [5, 5.41) is 0. The van der Waals surface area contributed by atoms with E-state index in [1.54, 1.807) is 31.3 Å². The molecule has 0 fully saturated rings. The molecule has 0 spiro atoms. The van der Waals surface area contributed by atoms with Crippen LogP contribution in [0.3, 0.4) is 0 Å². The Balaban J connectivity index is 1.60. The first-order valence-electron chi connectivity index (χ1n) is 8.76. The number of carbonyl (C=O) groups excluding carboxylic acids is 1. The number of rotatable bonds is 7. The van der Waals surface area contributed by atoms with E-state index in [9.17, 15) is 13.6 Å². The number of hydrogen-bond donors (Lipinski definition) is 0. The van der Waals surface area contributed by atoms with E-state index in [0.717, 1.165) is 26.9 Å². The Kier molecular flexibility index (Phi) is 7.74. The average Bonchev–Trinajstić information content (AvgIpc) is 3.07. The number of hydrogen-bond acceptors (Lipinski definition) is 5. The number of benzene rings is 2. The molecular weight excluding hydrogens is 467 g/mol. The Morgan fingerprint density at radius 2 is 1.80 bits per heavy atom. The van der Waals surface area contributed by atoms with Gasteiger partial charge >= 0.3 is 6.09 Å². The molecule has 158 valence electrons. The number of carbonyl (C=O) groups is 1. The number of amides is 1. The van der Waals surface area contributed by atoms with Gasteiger partial charge in [-0.15, -0.1) is 11.3 Å². The summed E-state index contributed by atoms with van der Waals surface area (Å²) in [5.41, 5.74) is 1.95. The number of halogens is 2. The summed E-state index contributed by atoms with van der Waals surface area (Å²) in [6.07, 6.45) is -0.0681. The molecule has 1 atom stereocenters. The minimum absolute atomic E-state index is 0.193. The molecule has 1 heterocycles. The maximum absolute atomic E-state index is 12.3. The van der Waals surface area contributed by atoms with Crippen LogP contribution in [0.1, 0.15) is 5.56 Å². The number of ether oxygens (including phenoxy) is 1. The van der Waals surface area contributed by atoms with Crippen molar-refractivity contribution in [2.45, 2.75) is 6.42 Å². The molecule has 0 aliphatic carbocycles. The monoisotopic (exact) mass is 483 g/mol. The summed E-state index contributed by atoms with van der Waals surface area (Å²) in [6, 6.07) is 17.6. The van der Waals surface area contributed by atoms with Crippen LogP contribution in [0, 0.1) is 0 Å². The second kappa shape index (κ2) is 10.3. The molecule has 1 aromatic heterocycles. The van der Waals surface area contributed by atoms with Crippen LogP contribution in [0.5, 0.6) is 5.75 Å². The van der Waals surface area contributed by atoms with Crippen LogP contribution >= 0.6 is 34.5 Å². The minimum atomic E-state index is -2.49. The van der Waals surface area contributed by atoms with Crippen molar-refractivity contribution in [2.24, 2.45) is 0 Å². The molecular formula is C20H17Cl2N2O4S2-. The van der Waals surface area contributed by atoms with Gasteiger partial charge in [0.2, 0.25) is 0 Å². The Labute approximate surface area is 191 Å². The van der Waals surface area contributed by atoms with Crippen molar-refractivity contribution >= 4 is 63.3 Å². The van der Waals surface area contributed by atoms with E-state index in [1.807, 2.05) is 30.3 Å². The third-order valence-electron chi connectivity index (χ3n) is 4.24. The van der Waals surface area contributed by atoms with E-state index in [1.165, 1.54) is 11.0 Å². The summed E-state index contributed by atoms with van der Waals surface area (Å²) < 4.78 is 30.5. The van der Waals surface area contributed by atoms with E-state index in [2.05, 4.69) is 0 Å². The van der Waals surface area contributed by atoms with Crippen LogP contribution in [-0.2, 0) is 17.7 Å². The SMILES string of the molecule is CN(C(=O)Oc1ccc(CCN(c2cc(Cl)sc2Cl)S(=O)[O-])cc1)c1ccccc1. The van der Waals surface area contributed by atoms with Gasteiger partial charge in [-0.25, -0.2) is 4.79 Å². The van der Waals surface area contributed by atoms with E-state index in [4.69, 9.17) is 27.9 Å². The molecule has 30 heavy (non-hydrogen) atoms. The fourth-order valence-electron chi connectivity index (χ4n) is 2.66. The zero-order valence-electron chi connectivity index (χ0n) is 15.8. The molecule has 1 amide bonds. The molecule has 0 bridgehead atoms. The van der Waals surface area contributed by atoms with Gasteiger partial charge in [0.25, 0.3) is 0 Å². The van der Waals surface area contributed by atoms with Crippen molar-refractivity contribution in [3.63, 3.8) is 0 Å². The normalized spacial score (nSPS) is 11.7. The Morgan fingerprint density at radius 1 is 1.13 bits per heavy atom. The van der Waals surface area contributed by atoms with Crippen molar-refractivity contribution in [2.75, 3.05) is 22.8 Å². The molecule has 2 aromatic carbocycles. The number of thiophene rings is 1. The van der Waals surface area contributed by atoms with Crippen LogP contribution in [0.4, 0.5) is 16.2 Å². The summed E-state index contributed by atoms with van der Waals surface area (Å²) in [6.45, 7) is 0.193. The number of anilines is 2. The highest BCUT2D eigenvalue weighted by Crippen LogP contribution is 2.38. The summed E-state index contributed by atoms with van der Waals surface area (Å²) in [5.74, 6) is 0.392. The third-order valence-corrected chi connectivity index (χ3v) is 6.44. The maximum Gasteiger partial charge on any atom is 0.419 e. The Hall–Kier alpha value is -2.10. The van der Waals surface area contributed by atoms with Gasteiger partial charge < -0.3 is 9.29 Å². The number of para-hydroxylation sites is 1. The van der Waals surface area contributed by atoms with Gasteiger partial charge in [-0.1, -0.05) is 53.5 Å². The van der Waals surface area contributed by atoms with Crippen LogP contribution in [-0.4, -0.2) is 28.4 Å². The zero-order chi connectivity index (χ0) is 21.7. The molecule has 0 aliphatic rings. The first-order chi connectivity index (χ1) is 14.3. The maximum atomic E-state index is 12.3. The lowest BCUT2D eigenvalue weighted by atomic mass is 10.1. The fourth-order valence-corrected chi connectivity index (χ4v) is 4.79. The summed E-state index contributed by atoms with van der Waals surface area (Å²) >= 11 is 10.6. The van der Waals surface area contributed by atoms with Gasteiger partial charge in [0.1, 0.15) is 10.1 Å². The Bertz CT molecular complexity index is 1030. The minimum Gasteiger partial charge on any atom is -0.755 e. The van der Waals surface area contributed by atoms with Gasteiger partial charge in [0.05, 0.1) is 10.0 Å². The quantitative estimate of drug-likeness (QED) is 0.413.